The second-order valence-electron chi connectivity index (χ2n) is 5.74. The van der Waals surface area contributed by atoms with Gasteiger partial charge in [0.05, 0.1) is 5.41 Å². The molecule has 0 unspecified atom stereocenters. The van der Waals surface area contributed by atoms with Gasteiger partial charge in [0.1, 0.15) is 0 Å². The van der Waals surface area contributed by atoms with Crippen LogP contribution < -0.4 is 5.32 Å². The lowest BCUT2D eigenvalue weighted by Crippen LogP contribution is -2.40. The second-order valence-corrected chi connectivity index (χ2v) is 6.65. The summed E-state index contributed by atoms with van der Waals surface area (Å²) in [5.74, 6) is 0.296. The first-order valence-electron chi connectivity index (χ1n) is 7.00. The third-order valence-electron chi connectivity index (χ3n) is 4.29. The molecule has 106 valence electrons. The molecule has 1 aromatic carbocycles. The molecule has 0 radical (unpaired) electrons. The maximum Gasteiger partial charge on any atom is 0.231 e. The highest BCUT2D eigenvalue weighted by molar-refractivity contribution is 9.10. The molecule has 20 heavy (non-hydrogen) atoms. The van der Waals surface area contributed by atoms with E-state index < -0.39 is 0 Å². The van der Waals surface area contributed by atoms with Crippen LogP contribution in [0.1, 0.15) is 24.8 Å². The van der Waals surface area contributed by atoms with E-state index in [1.165, 1.54) is 0 Å². The fourth-order valence-corrected chi connectivity index (χ4v) is 3.28. The summed E-state index contributed by atoms with van der Waals surface area (Å²) in [5, 5.41) is 12.2. The standard InChI is InChI=1S/C16H18BrNO2/c17-13-3-1-2-12(9-13)16(6-7-16)15(20)18-14-5-4-11(8-14)10-19/h1-5,9,11,14,19H,6-8,10H2,(H,18,20)/t11-,14+/m0/s1. The largest absolute Gasteiger partial charge is 0.396 e. The average molecular weight is 336 g/mol. The number of aliphatic hydroxyl groups excluding tert-OH is 1. The minimum atomic E-state index is -0.338. The average Bonchev–Trinajstić information content (AvgIpc) is 3.14. The molecule has 0 heterocycles. The molecule has 0 saturated heterocycles. The molecule has 2 N–H and O–H groups in total. The van der Waals surface area contributed by atoms with Gasteiger partial charge in [-0.2, -0.15) is 0 Å². The Morgan fingerprint density at radius 3 is 2.80 bits per heavy atom. The summed E-state index contributed by atoms with van der Waals surface area (Å²) in [6.07, 6.45) is 6.61. The van der Waals surface area contributed by atoms with Gasteiger partial charge >= 0.3 is 0 Å². The smallest absolute Gasteiger partial charge is 0.231 e. The number of benzene rings is 1. The monoisotopic (exact) mass is 335 g/mol. The van der Waals surface area contributed by atoms with Gasteiger partial charge < -0.3 is 10.4 Å². The first-order valence-corrected chi connectivity index (χ1v) is 7.79. The lowest BCUT2D eigenvalue weighted by Gasteiger charge is -2.19. The maximum atomic E-state index is 12.6. The summed E-state index contributed by atoms with van der Waals surface area (Å²) in [5.41, 5.74) is 0.750. The Bertz CT molecular complexity index is 551. The number of aliphatic hydroxyl groups is 1. The lowest BCUT2D eigenvalue weighted by atomic mass is 9.94. The van der Waals surface area contributed by atoms with Crippen LogP contribution in [0.5, 0.6) is 0 Å². The van der Waals surface area contributed by atoms with Crippen LogP contribution in [0.15, 0.2) is 40.9 Å². The zero-order valence-electron chi connectivity index (χ0n) is 11.2. The quantitative estimate of drug-likeness (QED) is 0.830. The van der Waals surface area contributed by atoms with E-state index >= 15 is 0 Å². The van der Waals surface area contributed by atoms with Crippen LogP contribution >= 0.6 is 15.9 Å². The fraction of sp³-hybridized carbons (Fsp3) is 0.438. The number of carbonyl (C=O) groups excluding carboxylic acids is 1. The second kappa shape index (κ2) is 5.34. The van der Waals surface area contributed by atoms with Gasteiger partial charge in [-0.3, -0.25) is 4.79 Å². The molecule has 1 saturated carbocycles. The van der Waals surface area contributed by atoms with E-state index in [9.17, 15) is 4.79 Å². The third kappa shape index (κ3) is 2.54. The first-order chi connectivity index (χ1) is 9.64. The third-order valence-corrected chi connectivity index (χ3v) is 4.78. The molecule has 1 fully saturated rings. The van der Waals surface area contributed by atoms with Gasteiger partial charge in [0.25, 0.3) is 0 Å². The molecule has 2 atom stereocenters. The molecule has 2 aliphatic rings. The normalized spacial score (nSPS) is 26.5. The number of halogens is 1. The van der Waals surface area contributed by atoms with Crippen LogP contribution in [0.2, 0.25) is 0 Å². The van der Waals surface area contributed by atoms with Crippen molar-refractivity contribution in [2.45, 2.75) is 30.7 Å². The number of hydrogen-bond acceptors (Lipinski definition) is 2. The van der Waals surface area contributed by atoms with E-state index in [2.05, 4.69) is 21.2 Å². The SMILES string of the molecule is O=C(N[C@@H]1C=C[C@H](CO)C1)C1(c2cccc(Br)c2)CC1. The van der Waals surface area contributed by atoms with E-state index in [1.807, 2.05) is 36.4 Å². The van der Waals surface area contributed by atoms with Crippen molar-refractivity contribution in [1.29, 1.82) is 0 Å². The molecule has 1 amide bonds. The summed E-state index contributed by atoms with van der Waals surface area (Å²) in [6.45, 7) is 0.152. The Morgan fingerprint density at radius 2 is 2.20 bits per heavy atom. The Morgan fingerprint density at radius 1 is 1.40 bits per heavy atom. The van der Waals surface area contributed by atoms with Crippen molar-refractivity contribution >= 4 is 21.8 Å². The van der Waals surface area contributed by atoms with E-state index in [0.29, 0.717) is 0 Å². The van der Waals surface area contributed by atoms with Crippen LogP contribution in [0.4, 0.5) is 0 Å². The minimum absolute atomic E-state index is 0.0595. The highest BCUT2D eigenvalue weighted by Gasteiger charge is 2.51. The van der Waals surface area contributed by atoms with Gasteiger partial charge in [0, 0.05) is 23.0 Å². The van der Waals surface area contributed by atoms with Crippen molar-refractivity contribution in [1.82, 2.24) is 5.32 Å². The highest BCUT2D eigenvalue weighted by atomic mass is 79.9. The molecule has 0 aliphatic heterocycles. The number of hydrogen-bond donors (Lipinski definition) is 2. The van der Waals surface area contributed by atoms with Crippen molar-refractivity contribution in [2.75, 3.05) is 6.61 Å². The Labute approximate surface area is 127 Å². The van der Waals surface area contributed by atoms with Crippen molar-refractivity contribution in [3.63, 3.8) is 0 Å². The topological polar surface area (TPSA) is 49.3 Å². The molecule has 0 spiro atoms. The van der Waals surface area contributed by atoms with Gasteiger partial charge in [0.2, 0.25) is 5.91 Å². The molecule has 0 bridgehead atoms. The lowest BCUT2D eigenvalue weighted by molar-refractivity contribution is -0.124. The molecule has 1 aromatic rings. The number of nitrogens with one attached hydrogen (secondary N) is 1. The van der Waals surface area contributed by atoms with E-state index in [-0.39, 0.29) is 29.9 Å². The number of carbonyl (C=O) groups is 1. The Balaban J connectivity index is 1.70. The predicted molar refractivity (Wildman–Crippen MR) is 81.3 cm³/mol. The summed E-state index contributed by atoms with van der Waals surface area (Å²) in [4.78, 5) is 12.6. The van der Waals surface area contributed by atoms with E-state index in [1.54, 1.807) is 0 Å². The minimum Gasteiger partial charge on any atom is -0.396 e. The fourth-order valence-electron chi connectivity index (χ4n) is 2.88. The van der Waals surface area contributed by atoms with Crippen LogP contribution in [0.25, 0.3) is 0 Å². The van der Waals surface area contributed by atoms with Gasteiger partial charge in [-0.15, -0.1) is 0 Å². The first kappa shape index (κ1) is 13.8. The van der Waals surface area contributed by atoms with Crippen LogP contribution in [0.3, 0.4) is 0 Å². The van der Waals surface area contributed by atoms with Crippen molar-refractivity contribution in [2.24, 2.45) is 5.92 Å². The predicted octanol–water partition coefficient (Wildman–Crippen LogP) is 2.53. The summed E-state index contributed by atoms with van der Waals surface area (Å²) in [7, 11) is 0. The summed E-state index contributed by atoms with van der Waals surface area (Å²) in [6, 6.07) is 8.07. The molecular weight excluding hydrogens is 318 g/mol. The number of rotatable bonds is 4. The van der Waals surface area contributed by atoms with Gasteiger partial charge in [-0.05, 0) is 37.0 Å². The number of amides is 1. The van der Waals surface area contributed by atoms with Crippen molar-refractivity contribution in [3.05, 3.63) is 46.5 Å². The molecule has 2 aliphatic carbocycles. The summed E-state index contributed by atoms with van der Waals surface area (Å²) >= 11 is 3.47. The molecular formula is C16H18BrNO2. The van der Waals surface area contributed by atoms with Gasteiger partial charge in [0.15, 0.2) is 0 Å². The van der Waals surface area contributed by atoms with Crippen LogP contribution in [0, 0.1) is 5.92 Å². The molecule has 3 nitrogen and oxygen atoms in total. The van der Waals surface area contributed by atoms with Crippen LogP contribution in [-0.4, -0.2) is 23.7 Å². The molecule has 3 rings (SSSR count). The Kier molecular flexibility index (Phi) is 3.69. The Hall–Kier alpha value is -1.13. The van der Waals surface area contributed by atoms with E-state index in [4.69, 9.17) is 5.11 Å². The van der Waals surface area contributed by atoms with Crippen LogP contribution in [-0.2, 0) is 10.2 Å². The maximum absolute atomic E-state index is 12.6. The molecule has 4 heteroatoms. The highest BCUT2D eigenvalue weighted by Crippen LogP contribution is 2.49. The van der Waals surface area contributed by atoms with E-state index in [0.717, 1.165) is 29.3 Å². The van der Waals surface area contributed by atoms with Gasteiger partial charge in [-0.25, -0.2) is 0 Å². The zero-order valence-corrected chi connectivity index (χ0v) is 12.8. The van der Waals surface area contributed by atoms with Crippen molar-refractivity contribution in [3.8, 4) is 0 Å². The zero-order chi connectivity index (χ0) is 14.2. The van der Waals surface area contributed by atoms with Gasteiger partial charge in [-0.1, -0.05) is 40.2 Å². The summed E-state index contributed by atoms with van der Waals surface area (Å²) < 4.78 is 1.01. The van der Waals surface area contributed by atoms with Crippen molar-refractivity contribution < 1.29 is 9.90 Å². The molecule has 0 aromatic heterocycles.